The van der Waals surface area contributed by atoms with Crippen LogP contribution in [0, 0.1) is 0 Å². The van der Waals surface area contributed by atoms with Crippen molar-refractivity contribution in [2.45, 2.75) is 0 Å². The zero-order valence-corrected chi connectivity index (χ0v) is 16.4. The van der Waals surface area contributed by atoms with Crippen LogP contribution in [-0.4, -0.2) is 39.3 Å². The molecule has 1 amide bonds. The van der Waals surface area contributed by atoms with Crippen LogP contribution >= 0.6 is 0 Å². The van der Waals surface area contributed by atoms with E-state index in [1.54, 1.807) is 24.3 Å². The highest BCUT2D eigenvalue weighted by Gasteiger charge is 2.18. The Morgan fingerprint density at radius 1 is 0.871 bits per heavy atom. The summed E-state index contributed by atoms with van der Waals surface area (Å²) in [5, 5.41) is 22.5. The quantitative estimate of drug-likeness (QED) is 0.359. The molecule has 0 unspecified atom stereocenters. The van der Waals surface area contributed by atoms with Crippen LogP contribution in [-0.2, 0) is 4.79 Å². The van der Waals surface area contributed by atoms with Crippen LogP contribution in [0.5, 0.6) is 5.88 Å². The second kappa shape index (κ2) is 8.54. The standard InChI is InChI=1S/C24H19N3O4/c28-20(29)14-25-23(30)16-10-12-17(13-11-16)26-22(15-6-2-1-3-7-15)21-18-8-4-5-9-19(18)27-24(21)31/h1-13,27,31H,14H2,(H,25,30)(H,28,29). The van der Waals surface area contributed by atoms with Gasteiger partial charge in [-0.2, -0.15) is 0 Å². The molecule has 4 rings (SSSR count). The Kier molecular flexibility index (Phi) is 5.49. The second-order valence-corrected chi connectivity index (χ2v) is 6.84. The predicted octanol–water partition coefficient (Wildman–Crippen LogP) is 3.86. The van der Waals surface area contributed by atoms with Gasteiger partial charge in [-0.1, -0.05) is 48.5 Å². The summed E-state index contributed by atoms with van der Waals surface area (Å²) in [6.07, 6.45) is 0. The van der Waals surface area contributed by atoms with Crippen LogP contribution in [0.2, 0.25) is 0 Å². The number of para-hydroxylation sites is 1. The fourth-order valence-corrected chi connectivity index (χ4v) is 3.30. The number of H-pyrrole nitrogens is 1. The molecular weight excluding hydrogens is 394 g/mol. The Hall–Kier alpha value is -4.39. The Balaban J connectivity index is 1.76. The van der Waals surface area contributed by atoms with Gasteiger partial charge in [-0.15, -0.1) is 0 Å². The topological polar surface area (TPSA) is 115 Å². The SMILES string of the molecule is O=C(O)CNC(=O)c1ccc(N=C(c2ccccc2)c2c(O)[nH]c3ccccc23)cc1. The summed E-state index contributed by atoms with van der Waals surface area (Å²) in [5.74, 6) is -1.57. The maximum atomic E-state index is 12.0. The van der Waals surface area contributed by atoms with Crippen molar-refractivity contribution in [1.29, 1.82) is 0 Å². The number of carboxylic acids is 1. The summed E-state index contributed by atoms with van der Waals surface area (Å²) in [6, 6.07) is 23.6. The molecule has 1 heterocycles. The number of hydrogen-bond acceptors (Lipinski definition) is 4. The number of carboxylic acid groups (broad SMARTS) is 1. The summed E-state index contributed by atoms with van der Waals surface area (Å²) in [4.78, 5) is 30.4. The first-order chi connectivity index (χ1) is 15.0. The number of amides is 1. The van der Waals surface area contributed by atoms with Crippen molar-refractivity contribution in [1.82, 2.24) is 10.3 Å². The van der Waals surface area contributed by atoms with Crippen molar-refractivity contribution < 1.29 is 19.8 Å². The molecule has 7 nitrogen and oxygen atoms in total. The van der Waals surface area contributed by atoms with E-state index >= 15 is 0 Å². The third-order valence-corrected chi connectivity index (χ3v) is 4.74. The first kappa shape index (κ1) is 19.9. The minimum atomic E-state index is -1.11. The zero-order valence-electron chi connectivity index (χ0n) is 16.4. The number of aliphatic carboxylic acids is 1. The third-order valence-electron chi connectivity index (χ3n) is 4.74. The van der Waals surface area contributed by atoms with Crippen molar-refractivity contribution in [3.63, 3.8) is 0 Å². The molecule has 154 valence electrons. The Labute approximate surface area is 177 Å². The number of carbonyl (C=O) groups excluding carboxylic acids is 1. The molecule has 1 aromatic heterocycles. The van der Waals surface area contributed by atoms with Crippen molar-refractivity contribution in [3.8, 4) is 5.88 Å². The number of carbonyl (C=O) groups is 2. The number of aromatic amines is 1. The first-order valence-electron chi connectivity index (χ1n) is 9.57. The van der Waals surface area contributed by atoms with Gasteiger partial charge in [0.1, 0.15) is 6.54 Å². The highest BCUT2D eigenvalue weighted by atomic mass is 16.4. The molecule has 0 fully saturated rings. The van der Waals surface area contributed by atoms with Gasteiger partial charge in [-0.3, -0.25) is 9.59 Å². The minimum absolute atomic E-state index is 0.0217. The molecule has 7 heteroatoms. The van der Waals surface area contributed by atoms with Gasteiger partial charge in [0, 0.05) is 22.0 Å². The third kappa shape index (κ3) is 4.30. The van der Waals surface area contributed by atoms with E-state index in [4.69, 9.17) is 10.1 Å². The predicted molar refractivity (Wildman–Crippen MR) is 118 cm³/mol. The largest absolute Gasteiger partial charge is 0.494 e. The average molecular weight is 413 g/mol. The molecule has 31 heavy (non-hydrogen) atoms. The van der Waals surface area contributed by atoms with E-state index in [0.717, 1.165) is 16.5 Å². The number of benzene rings is 3. The maximum Gasteiger partial charge on any atom is 0.322 e. The summed E-state index contributed by atoms with van der Waals surface area (Å²) >= 11 is 0. The van der Waals surface area contributed by atoms with Crippen molar-refractivity contribution in [3.05, 3.63) is 95.6 Å². The lowest BCUT2D eigenvalue weighted by atomic mass is 10.0. The summed E-state index contributed by atoms with van der Waals surface area (Å²) < 4.78 is 0. The maximum absolute atomic E-state index is 12.0. The van der Waals surface area contributed by atoms with Crippen LogP contribution in [0.4, 0.5) is 5.69 Å². The molecule has 0 aliphatic heterocycles. The van der Waals surface area contributed by atoms with Crippen molar-refractivity contribution >= 4 is 34.2 Å². The number of nitrogens with one attached hydrogen (secondary N) is 2. The van der Waals surface area contributed by atoms with Gasteiger partial charge in [0.15, 0.2) is 5.88 Å². The number of nitrogens with zero attached hydrogens (tertiary/aromatic N) is 1. The first-order valence-corrected chi connectivity index (χ1v) is 9.57. The number of rotatable bonds is 6. The minimum Gasteiger partial charge on any atom is -0.494 e. The van der Waals surface area contributed by atoms with Gasteiger partial charge >= 0.3 is 5.97 Å². The molecular formula is C24H19N3O4. The van der Waals surface area contributed by atoms with E-state index in [-0.39, 0.29) is 5.88 Å². The van der Waals surface area contributed by atoms with Crippen LogP contribution in [0.1, 0.15) is 21.5 Å². The van der Waals surface area contributed by atoms with Crippen LogP contribution in [0.3, 0.4) is 0 Å². The number of aromatic hydroxyl groups is 1. The molecule has 0 saturated carbocycles. The fraction of sp³-hybridized carbons (Fsp3) is 0.0417. The van der Waals surface area contributed by atoms with Gasteiger partial charge in [0.2, 0.25) is 0 Å². The molecule has 0 radical (unpaired) electrons. The van der Waals surface area contributed by atoms with Crippen LogP contribution in [0.15, 0.2) is 83.9 Å². The highest BCUT2D eigenvalue weighted by Crippen LogP contribution is 2.31. The lowest BCUT2D eigenvalue weighted by Gasteiger charge is -2.08. The number of hydrogen-bond donors (Lipinski definition) is 4. The summed E-state index contributed by atoms with van der Waals surface area (Å²) in [5.41, 5.74) is 3.70. The van der Waals surface area contributed by atoms with Gasteiger partial charge in [-0.05, 0) is 30.3 Å². The van der Waals surface area contributed by atoms with Crippen molar-refractivity contribution in [2.75, 3.05) is 6.54 Å². The highest BCUT2D eigenvalue weighted by molar-refractivity contribution is 6.21. The van der Waals surface area contributed by atoms with Gasteiger partial charge in [-0.25, -0.2) is 4.99 Å². The molecule has 0 aliphatic carbocycles. The van der Waals surface area contributed by atoms with E-state index in [2.05, 4.69) is 10.3 Å². The molecule has 4 aromatic rings. The van der Waals surface area contributed by atoms with E-state index < -0.39 is 18.4 Å². The van der Waals surface area contributed by atoms with E-state index in [1.165, 1.54) is 0 Å². The van der Waals surface area contributed by atoms with Crippen LogP contribution < -0.4 is 5.32 Å². The molecule has 0 bridgehead atoms. The fourth-order valence-electron chi connectivity index (χ4n) is 3.30. The molecule has 3 aromatic carbocycles. The van der Waals surface area contributed by atoms with E-state index in [9.17, 15) is 14.7 Å². The monoisotopic (exact) mass is 413 g/mol. The molecule has 0 atom stereocenters. The Morgan fingerprint density at radius 3 is 2.26 bits per heavy atom. The van der Waals surface area contributed by atoms with Gasteiger partial charge in [0.25, 0.3) is 5.91 Å². The zero-order chi connectivity index (χ0) is 21.8. The lowest BCUT2D eigenvalue weighted by molar-refractivity contribution is -0.135. The smallest absolute Gasteiger partial charge is 0.322 e. The van der Waals surface area contributed by atoms with E-state index in [1.807, 2.05) is 54.6 Å². The average Bonchev–Trinajstić information content (AvgIpc) is 3.12. The molecule has 0 spiro atoms. The molecule has 0 aliphatic rings. The second-order valence-electron chi connectivity index (χ2n) is 6.84. The number of aromatic nitrogens is 1. The van der Waals surface area contributed by atoms with E-state index in [0.29, 0.717) is 22.5 Å². The van der Waals surface area contributed by atoms with Crippen LogP contribution in [0.25, 0.3) is 10.9 Å². The molecule has 4 N–H and O–H groups in total. The normalized spacial score (nSPS) is 11.4. The lowest BCUT2D eigenvalue weighted by Crippen LogP contribution is -2.29. The van der Waals surface area contributed by atoms with Gasteiger partial charge < -0.3 is 20.5 Å². The summed E-state index contributed by atoms with van der Waals surface area (Å²) in [7, 11) is 0. The summed E-state index contributed by atoms with van der Waals surface area (Å²) in [6.45, 7) is -0.448. The Morgan fingerprint density at radius 2 is 1.55 bits per heavy atom. The molecule has 0 saturated heterocycles. The number of fused-ring (bicyclic) bond motifs is 1. The van der Waals surface area contributed by atoms with Crippen molar-refractivity contribution in [2.24, 2.45) is 4.99 Å². The Bertz CT molecular complexity index is 1280. The number of aliphatic imine (C=N–C) groups is 1. The van der Waals surface area contributed by atoms with Gasteiger partial charge in [0.05, 0.1) is 17.0 Å².